The van der Waals surface area contributed by atoms with Crippen LogP contribution in [0.1, 0.15) is 18.9 Å². The predicted octanol–water partition coefficient (Wildman–Crippen LogP) is 3.19. The van der Waals surface area contributed by atoms with Gasteiger partial charge in [-0.1, -0.05) is 0 Å². The fourth-order valence-corrected chi connectivity index (χ4v) is 3.94. The molecule has 0 saturated carbocycles. The number of nitrogens with zero attached hydrogens (tertiary/aromatic N) is 3. The van der Waals surface area contributed by atoms with E-state index in [1.165, 1.54) is 19.3 Å². The fraction of sp³-hybridized carbons (Fsp3) is 0.348. The Kier molecular flexibility index (Phi) is 6.09. The van der Waals surface area contributed by atoms with Gasteiger partial charge in [-0.05, 0) is 37.1 Å². The standard InChI is InChI=1S/C23H25FN4O4/c1-13-6-15(4-5-19(13)24)27-23-22-20(25-12-26-23)8-18(31-3)9-21(22)32-11-16-7-17(30)10-28(16)14(2)29/h4-6,8-9,12,16-17,30H,7,10-11H2,1-3H3,(H,25,26,27)/t16-,17+/m1/s1. The number of fused-ring (bicyclic) bond motifs is 1. The Morgan fingerprint density at radius 1 is 1.31 bits per heavy atom. The van der Waals surface area contributed by atoms with Gasteiger partial charge in [0.05, 0.1) is 30.2 Å². The topological polar surface area (TPSA) is 96.8 Å². The van der Waals surface area contributed by atoms with E-state index in [4.69, 9.17) is 9.47 Å². The molecule has 1 aliphatic heterocycles. The van der Waals surface area contributed by atoms with Gasteiger partial charge in [-0.2, -0.15) is 0 Å². The molecule has 32 heavy (non-hydrogen) atoms. The Morgan fingerprint density at radius 2 is 2.12 bits per heavy atom. The second kappa shape index (κ2) is 8.96. The molecule has 0 aliphatic carbocycles. The van der Waals surface area contributed by atoms with Gasteiger partial charge in [0, 0.05) is 31.3 Å². The van der Waals surface area contributed by atoms with Crippen LogP contribution in [-0.2, 0) is 4.79 Å². The first-order valence-electron chi connectivity index (χ1n) is 10.3. The van der Waals surface area contributed by atoms with Gasteiger partial charge in [-0.15, -0.1) is 0 Å². The minimum Gasteiger partial charge on any atom is -0.497 e. The molecule has 1 saturated heterocycles. The molecule has 2 N–H and O–H groups in total. The number of β-amino-alcohol motifs (C(OH)–C–C–N with tert-alkyl or cyclic N) is 1. The zero-order chi connectivity index (χ0) is 22.8. The van der Waals surface area contributed by atoms with Crippen molar-refractivity contribution < 1.29 is 23.8 Å². The van der Waals surface area contributed by atoms with E-state index in [2.05, 4.69) is 15.3 Å². The molecule has 2 atom stereocenters. The van der Waals surface area contributed by atoms with Gasteiger partial charge >= 0.3 is 0 Å². The molecule has 0 radical (unpaired) electrons. The quantitative estimate of drug-likeness (QED) is 0.608. The second-order valence-electron chi connectivity index (χ2n) is 7.86. The Balaban J connectivity index is 1.69. The molecule has 2 heterocycles. The molecule has 168 valence electrons. The van der Waals surface area contributed by atoms with Crippen LogP contribution in [-0.4, -0.2) is 58.3 Å². The third-order valence-electron chi connectivity index (χ3n) is 5.56. The Bertz CT molecular complexity index is 1160. The smallest absolute Gasteiger partial charge is 0.219 e. The summed E-state index contributed by atoms with van der Waals surface area (Å²) in [5.74, 6) is 1.14. The lowest BCUT2D eigenvalue weighted by atomic mass is 10.1. The van der Waals surface area contributed by atoms with E-state index in [1.54, 1.807) is 43.2 Å². The first-order chi connectivity index (χ1) is 15.4. The number of methoxy groups -OCH3 is 1. The van der Waals surface area contributed by atoms with Crippen LogP contribution < -0.4 is 14.8 Å². The van der Waals surface area contributed by atoms with Crippen molar-refractivity contribution in [1.82, 2.24) is 14.9 Å². The maximum atomic E-state index is 13.7. The molecule has 1 aromatic heterocycles. The number of carbonyl (C=O) groups excluding carboxylic acids is 1. The minimum absolute atomic E-state index is 0.108. The van der Waals surface area contributed by atoms with Crippen molar-refractivity contribution in [3.63, 3.8) is 0 Å². The Hall–Kier alpha value is -3.46. The first-order valence-corrected chi connectivity index (χ1v) is 10.3. The van der Waals surface area contributed by atoms with Crippen molar-refractivity contribution in [2.75, 3.05) is 25.6 Å². The molecule has 9 heteroatoms. The highest BCUT2D eigenvalue weighted by molar-refractivity contribution is 5.96. The predicted molar refractivity (Wildman–Crippen MR) is 118 cm³/mol. The number of benzene rings is 2. The molecule has 1 amide bonds. The molecular formula is C23H25FN4O4. The zero-order valence-electron chi connectivity index (χ0n) is 18.1. The van der Waals surface area contributed by atoms with Gasteiger partial charge in [-0.25, -0.2) is 14.4 Å². The molecule has 4 rings (SSSR count). The largest absolute Gasteiger partial charge is 0.497 e. The number of likely N-dealkylation sites (tertiary alicyclic amines) is 1. The number of aliphatic hydroxyl groups is 1. The van der Waals surface area contributed by atoms with Crippen molar-refractivity contribution in [2.45, 2.75) is 32.4 Å². The number of carbonyl (C=O) groups is 1. The van der Waals surface area contributed by atoms with E-state index in [-0.39, 0.29) is 24.4 Å². The number of hydrogen-bond donors (Lipinski definition) is 2. The van der Waals surface area contributed by atoms with Crippen LogP contribution in [0.5, 0.6) is 11.5 Å². The van der Waals surface area contributed by atoms with E-state index in [1.807, 2.05) is 0 Å². The van der Waals surface area contributed by atoms with E-state index in [0.29, 0.717) is 52.4 Å². The van der Waals surface area contributed by atoms with Crippen LogP contribution in [0.4, 0.5) is 15.9 Å². The number of aryl methyl sites for hydroxylation is 1. The summed E-state index contributed by atoms with van der Waals surface area (Å²) in [6.07, 6.45) is 1.30. The van der Waals surface area contributed by atoms with E-state index >= 15 is 0 Å². The normalized spacial score (nSPS) is 18.1. The average Bonchev–Trinajstić information content (AvgIpc) is 3.15. The van der Waals surface area contributed by atoms with Crippen LogP contribution in [0.25, 0.3) is 10.9 Å². The van der Waals surface area contributed by atoms with Gasteiger partial charge in [-0.3, -0.25) is 4.79 Å². The third kappa shape index (κ3) is 4.43. The highest BCUT2D eigenvalue weighted by Gasteiger charge is 2.33. The fourth-order valence-electron chi connectivity index (χ4n) is 3.94. The molecule has 2 aromatic carbocycles. The van der Waals surface area contributed by atoms with Gasteiger partial charge in [0.15, 0.2) is 0 Å². The van der Waals surface area contributed by atoms with Crippen molar-refractivity contribution in [3.05, 3.63) is 48.0 Å². The van der Waals surface area contributed by atoms with Crippen LogP contribution >= 0.6 is 0 Å². The molecule has 1 aliphatic rings. The number of amides is 1. The molecule has 1 fully saturated rings. The van der Waals surface area contributed by atoms with Crippen molar-refractivity contribution in [3.8, 4) is 11.5 Å². The molecule has 0 unspecified atom stereocenters. The lowest BCUT2D eigenvalue weighted by Gasteiger charge is -2.23. The highest BCUT2D eigenvalue weighted by atomic mass is 19.1. The summed E-state index contributed by atoms with van der Waals surface area (Å²) in [5.41, 5.74) is 1.79. The Labute approximate surface area is 185 Å². The maximum absolute atomic E-state index is 13.7. The minimum atomic E-state index is -0.572. The van der Waals surface area contributed by atoms with Gasteiger partial charge in [0.25, 0.3) is 0 Å². The molecule has 8 nitrogen and oxygen atoms in total. The highest BCUT2D eigenvalue weighted by Crippen LogP contribution is 2.36. The third-order valence-corrected chi connectivity index (χ3v) is 5.56. The number of rotatable bonds is 6. The number of halogens is 1. The SMILES string of the molecule is COc1cc(OC[C@H]2C[C@H](O)CN2C(C)=O)c2c(Nc3ccc(F)c(C)c3)ncnc2c1. The van der Waals surface area contributed by atoms with Crippen molar-refractivity contribution in [1.29, 1.82) is 0 Å². The number of nitrogens with one attached hydrogen (secondary N) is 1. The molecular weight excluding hydrogens is 415 g/mol. The van der Waals surface area contributed by atoms with Gasteiger partial charge < -0.3 is 24.8 Å². The first kappa shape index (κ1) is 21.8. The van der Waals surface area contributed by atoms with Crippen LogP contribution in [0.2, 0.25) is 0 Å². The zero-order valence-corrected chi connectivity index (χ0v) is 18.1. The number of hydrogen-bond acceptors (Lipinski definition) is 7. The van der Waals surface area contributed by atoms with Crippen molar-refractivity contribution in [2.24, 2.45) is 0 Å². The van der Waals surface area contributed by atoms with Gasteiger partial charge in [0.2, 0.25) is 5.91 Å². The summed E-state index contributed by atoms with van der Waals surface area (Å²) >= 11 is 0. The summed E-state index contributed by atoms with van der Waals surface area (Å²) < 4.78 is 25.2. The summed E-state index contributed by atoms with van der Waals surface area (Å²) in [5, 5.41) is 13.8. The van der Waals surface area contributed by atoms with Crippen LogP contribution in [0.3, 0.4) is 0 Å². The van der Waals surface area contributed by atoms with Crippen LogP contribution in [0.15, 0.2) is 36.7 Å². The molecule has 0 spiro atoms. The molecule has 3 aromatic rings. The van der Waals surface area contributed by atoms with E-state index < -0.39 is 6.10 Å². The maximum Gasteiger partial charge on any atom is 0.219 e. The summed E-state index contributed by atoms with van der Waals surface area (Å²) in [6, 6.07) is 7.97. The number of anilines is 2. The second-order valence-corrected chi connectivity index (χ2v) is 7.86. The number of aromatic nitrogens is 2. The summed E-state index contributed by atoms with van der Waals surface area (Å²) in [6.45, 7) is 3.66. The monoisotopic (exact) mass is 440 g/mol. The number of aliphatic hydroxyl groups excluding tert-OH is 1. The van der Waals surface area contributed by atoms with E-state index in [9.17, 15) is 14.3 Å². The Morgan fingerprint density at radius 3 is 2.84 bits per heavy atom. The van der Waals surface area contributed by atoms with E-state index in [0.717, 1.165) is 0 Å². The average molecular weight is 440 g/mol. The molecule has 0 bridgehead atoms. The van der Waals surface area contributed by atoms with Crippen molar-refractivity contribution >= 4 is 28.3 Å². The lowest BCUT2D eigenvalue weighted by Crippen LogP contribution is -2.37. The van der Waals surface area contributed by atoms with Gasteiger partial charge in [0.1, 0.15) is 36.1 Å². The number of ether oxygens (including phenoxy) is 2. The van der Waals surface area contributed by atoms with Crippen LogP contribution in [0, 0.1) is 12.7 Å². The lowest BCUT2D eigenvalue weighted by molar-refractivity contribution is -0.130. The summed E-state index contributed by atoms with van der Waals surface area (Å²) in [7, 11) is 1.55. The summed E-state index contributed by atoms with van der Waals surface area (Å²) in [4.78, 5) is 22.2.